The van der Waals surface area contributed by atoms with Crippen LogP contribution in [0.25, 0.3) is 0 Å². The van der Waals surface area contributed by atoms with Crippen LogP contribution in [0.2, 0.25) is 0 Å². The summed E-state index contributed by atoms with van der Waals surface area (Å²) in [5, 5.41) is 20.4. The molecule has 1 N–H and O–H groups in total. The van der Waals surface area contributed by atoms with Gasteiger partial charge < -0.3 is 5.11 Å². The van der Waals surface area contributed by atoms with Gasteiger partial charge in [-0.2, -0.15) is 5.26 Å². The number of hydrogen-bond donors (Lipinski definition) is 1. The third-order valence-electron chi connectivity index (χ3n) is 5.61. The summed E-state index contributed by atoms with van der Waals surface area (Å²) < 4.78 is 1.10. The van der Waals surface area contributed by atoms with Crippen LogP contribution in [-0.2, 0) is 6.54 Å². The van der Waals surface area contributed by atoms with Gasteiger partial charge in [-0.25, -0.2) is 0 Å². The Hall–Kier alpha value is -2.62. The van der Waals surface area contributed by atoms with Gasteiger partial charge in [-0.3, -0.25) is 19.1 Å². The highest BCUT2D eigenvalue weighted by Gasteiger charge is 2.61. The van der Waals surface area contributed by atoms with E-state index in [2.05, 4.69) is 4.98 Å². The van der Waals surface area contributed by atoms with Crippen molar-refractivity contribution in [3.8, 4) is 11.9 Å². The smallest absolute Gasteiger partial charge is 0.271 e. The van der Waals surface area contributed by atoms with Crippen LogP contribution in [0, 0.1) is 35.5 Å². The molecule has 1 fully saturated rings. The Bertz CT molecular complexity index is 1110. The number of aromatic nitrogens is 2. The van der Waals surface area contributed by atoms with Gasteiger partial charge in [0.05, 0.1) is 12.1 Å². The van der Waals surface area contributed by atoms with Crippen LogP contribution < -0.4 is 5.56 Å². The molecule has 150 valence electrons. The van der Waals surface area contributed by atoms with E-state index < -0.39 is 22.8 Å². The zero-order valence-electron chi connectivity index (χ0n) is 16.1. The van der Waals surface area contributed by atoms with E-state index in [9.17, 15) is 20.0 Å². The first-order valence-corrected chi connectivity index (χ1v) is 9.69. The second-order valence-corrected chi connectivity index (χ2v) is 8.72. The van der Waals surface area contributed by atoms with Gasteiger partial charge in [0.25, 0.3) is 5.56 Å². The lowest BCUT2D eigenvalue weighted by Gasteiger charge is -2.16. The second kappa shape index (κ2) is 7.66. The first-order valence-electron chi connectivity index (χ1n) is 8.93. The molecule has 0 amide bonds. The molecule has 2 unspecified atom stereocenters. The fourth-order valence-electron chi connectivity index (χ4n) is 3.85. The summed E-state index contributed by atoms with van der Waals surface area (Å²) in [7, 11) is 0. The predicted molar refractivity (Wildman–Crippen MR) is 110 cm³/mol. The van der Waals surface area contributed by atoms with Crippen molar-refractivity contribution >= 4 is 29.0 Å². The Kier molecular flexibility index (Phi) is 5.57. The number of nitriles is 1. The summed E-state index contributed by atoms with van der Waals surface area (Å²) in [6, 6.07) is 5.30. The standard InChI is InChI=1S/C21H19Cl2N3O3/c1-11-13(8-24)19(28)26(10-12-5-4-6-25-9-12)20(29)16(11)18(27)17-14(7-15(22)23)21(17,2)3/h4-7,9,14,17,29H,10H2,1-3H3. The van der Waals surface area contributed by atoms with Crippen molar-refractivity contribution in [1.29, 1.82) is 5.26 Å². The molecule has 0 saturated heterocycles. The van der Waals surface area contributed by atoms with Crippen LogP contribution >= 0.6 is 23.2 Å². The van der Waals surface area contributed by atoms with Gasteiger partial charge in [0.15, 0.2) is 5.78 Å². The van der Waals surface area contributed by atoms with Gasteiger partial charge in [0, 0.05) is 18.3 Å². The number of pyridine rings is 2. The minimum atomic E-state index is -0.654. The molecule has 0 radical (unpaired) electrons. The van der Waals surface area contributed by atoms with E-state index in [1.54, 1.807) is 30.6 Å². The number of nitrogens with zero attached hydrogens (tertiary/aromatic N) is 3. The Labute approximate surface area is 178 Å². The molecule has 2 aromatic rings. The zero-order valence-corrected chi connectivity index (χ0v) is 17.6. The van der Waals surface area contributed by atoms with Crippen LogP contribution in [0.1, 0.15) is 40.9 Å². The maximum Gasteiger partial charge on any atom is 0.271 e. The molecule has 0 aliphatic heterocycles. The highest BCUT2D eigenvalue weighted by molar-refractivity contribution is 6.55. The van der Waals surface area contributed by atoms with Gasteiger partial charge in [-0.1, -0.05) is 43.1 Å². The lowest BCUT2D eigenvalue weighted by Crippen LogP contribution is -2.27. The molecule has 3 rings (SSSR count). The Morgan fingerprint density at radius 3 is 2.69 bits per heavy atom. The molecule has 6 nitrogen and oxygen atoms in total. The predicted octanol–water partition coefficient (Wildman–Crippen LogP) is 3.95. The number of ketones is 1. The molecule has 2 heterocycles. The molecule has 0 aromatic carbocycles. The summed E-state index contributed by atoms with van der Waals surface area (Å²) in [4.78, 5) is 30.1. The first-order chi connectivity index (χ1) is 13.6. The van der Waals surface area contributed by atoms with Crippen LogP contribution in [0.4, 0.5) is 0 Å². The van der Waals surface area contributed by atoms with Crippen molar-refractivity contribution < 1.29 is 9.90 Å². The zero-order chi connectivity index (χ0) is 21.5. The summed E-state index contributed by atoms with van der Waals surface area (Å²) in [6.07, 6.45) is 4.74. The van der Waals surface area contributed by atoms with Crippen molar-refractivity contribution in [3.63, 3.8) is 0 Å². The molecule has 29 heavy (non-hydrogen) atoms. The quantitative estimate of drug-likeness (QED) is 0.722. The van der Waals surface area contributed by atoms with Crippen LogP contribution in [0.3, 0.4) is 0 Å². The minimum absolute atomic E-state index is 0.0152. The number of carbonyl (C=O) groups excluding carboxylic acids is 1. The fourth-order valence-corrected chi connectivity index (χ4v) is 4.12. The largest absolute Gasteiger partial charge is 0.494 e. The fraction of sp³-hybridized carbons (Fsp3) is 0.333. The number of allylic oxidation sites excluding steroid dienone is 1. The van der Waals surface area contributed by atoms with E-state index in [4.69, 9.17) is 23.2 Å². The average molecular weight is 432 g/mol. The summed E-state index contributed by atoms with van der Waals surface area (Å²) >= 11 is 11.5. The van der Waals surface area contributed by atoms with Crippen LogP contribution in [0.5, 0.6) is 5.88 Å². The maximum atomic E-state index is 13.3. The topological polar surface area (TPSA) is 96.0 Å². The molecule has 2 aromatic heterocycles. The summed E-state index contributed by atoms with van der Waals surface area (Å²) in [5.41, 5.74) is -0.441. The van der Waals surface area contributed by atoms with Crippen molar-refractivity contribution in [2.75, 3.05) is 0 Å². The van der Waals surface area contributed by atoms with Crippen molar-refractivity contribution in [2.24, 2.45) is 17.3 Å². The van der Waals surface area contributed by atoms with Crippen molar-refractivity contribution in [2.45, 2.75) is 27.3 Å². The van der Waals surface area contributed by atoms with Gasteiger partial charge in [-0.05, 0) is 41.5 Å². The highest BCUT2D eigenvalue weighted by atomic mass is 35.5. The van der Waals surface area contributed by atoms with E-state index >= 15 is 0 Å². The second-order valence-electron chi connectivity index (χ2n) is 7.71. The Morgan fingerprint density at radius 1 is 1.45 bits per heavy atom. The van der Waals surface area contributed by atoms with E-state index in [-0.39, 0.29) is 39.4 Å². The molecule has 2 atom stereocenters. The SMILES string of the molecule is Cc1c(C(=O)C2C(C=C(Cl)Cl)C2(C)C)c(O)n(Cc2cccnc2)c(=O)c1C#N. The average Bonchev–Trinajstić information content (AvgIpc) is 3.19. The van der Waals surface area contributed by atoms with E-state index in [0.717, 1.165) is 4.57 Å². The summed E-state index contributed by atoms with van der Waals surface area (Å²) in [6.45, 7) is 5.28. The Balaban J connectivity index is 2.14. The molecular weight excluding hydrogens is 413 g/mol. The van der Waals surface area contributed by atoms with Crippen LogP contribution in [0.15, 0.2) is 39.9 Å². The highest BCUT2D eigenvalue weighted by Crippen LogP contribution is 2.61. The number of hydrogen-bond acceptors (Lipinski definition) is 5. The van der Waals surface area contributed by atoms with Gasteiger partial charge in [-0.15, -0.1) is 0 Å². The lowest BCUT2D eigenvalue weighted by atomic mass is 9.96. The third-order valence-corrected chi connectivity index (χ3v) is 5.86. The van der Waals surface area contributed by atoms with Crippen molar-refractivity contribution in [3.05, 3.63) is 67.7 Å². The monoisotopic (exact) mass is 431 g/mol. The normalized spacial score (nSPS) is 19.3. The molecule has 8 heteroatoms. The lowest BCUT2D eigenvalue weighted by molar-refractivity contribution is 0.0946. The number of aromatic hydroxyl groups is 1. The van der Waals surface area contributed by atoms with Gasteiger partial charge in [0.1, 0.15) is 16.1 Å². The van der Waals surface area contributed by atoms with E-state index in [1.807, 2.05) is 19.9 Å². The number of carbonyl (C=O) groups is 1. The van der Waals surface area contributed by atoms with Gasteiger partial charge >= 0.3 is 0 Å². The molecule has 0 bridgehead atoms. The first kappa shape index (κ1) is 21.1. The van der Waals surface area contributed by atoms with E-state index in [1.165, 1.54) is 6.92 Å². The summed E-state index contributed by atoms with van der Waals surface area (Å²) in [5.74, 6) is -1.49. The van der Waals surface area contributed by atoms with E-state index in [0.29, 0.717) is 5.56 Å². The Morgan fingerprint density at radius 2 is 2.14 bits per heavy atom. The van der Waals surface area contributed by atoms with Crippen molar-refractivity contribution in [1.82, 2.24) is 9.55 Å². The molecule has 1 saturated carbocycles. The third kappa shape index (κ3) is 3.68. The molecule has 1 aliphatic carbocycles. The number of halogens is 2. The number of Topliss-reactive ketones (excluding diaryl/α,β-unsaturated/α-hetero) is 1. The molecule has 1 aliphatic rings. The maximum absolute atomic E-state index is 13.3. The van der Waals surface area contributed by atoms with Gasteiger partial charge in [0.2, 0.25) is 5.88 Å². The molecule has 0 spiro atoms. The minimum Gasteiger partial charge on any atom is -0.494 e. The molecular formula is C21H19Cl2N3O3. The van der Waals surface area contributed by atoms with Crippen LogP contribution in [-0.4, -0.2) is 20.4 Å². The number of rotatable bonds is 5.